The molecule has 1 aliphatic heterocycles. The summed E-state index contributed by atoms with van der Waals surface area (Å²) in [4.78, 5) is 32.7. The highest BCUT2D eigenvalue weighted by molar-refractivity contribution is 8.26. The van der Waals surface area contributed by atoms with Crippen molar-refractivity contribution in [1.82, 2.24) is 9.88 Å². The van der Waals surface area contributed by atoms with Gasteiger partial charge in [-0.15, -0.1) is 11.3 Å². The van der Waals surface area contributed by atoms with Gasteiger partial charge in [0.15, 0.2) is 5.13 Å². The van der Waals surface area contributed by atoms with Gasteiger partial charge in [0.2, 0.25) is 5.91 Å². The van der Waals surface area contributed by atoms with Crippen LogP contribution in [0.4, 0.5) is 5.13 Å². The van der Waals surface area contributed by atoms with E-state index in [9.17, 15) is 9.59 Å². The largest absolute Gasteiger partial charge is 0.302 e. The summed E-state index contributed by atoms with van der Waals surface area (Å²) >= 11 is 14.4. The lowest BCUT2D eigenvalue weighted by molar-refractivity contribution is -0.122. The molecule has 35 heavy (non-hydrogen) atoms. The molecule has 180 valence electrons. The number of thiocarbonyl (C=S) groups is 1. The third-order valence-electron chi connectivity index (χ3n) is 5.47. The van der Waals surface area contributed by atoms with Gasteiger partial charge in [-0.1, -0.05) is 85.0 Å². The molecule has 2 heterocycles. The zero-order valence-corrected chi connectivity index (χ0v) is 22.3. The van der Waals surface area contributed by atoms with Gasteiger partial charge in [-0.3, -0.25) is 14.5 Å². The number of halogens is 1. The van der Waals surface area contributed by atoms with Crippen LogP contribution in [-0.4, -0.2) is 32.6 Å². The molecule has 0 spiro atoms. The third-order valence-corrected chi connectivity index (χ3v) is 8.13. The van der Waals surface area contributed by atoms with E-state index >= 15 is 0 Å². The highest BCUT2D eigenvalue weighted by Gasteiger charge is 2.31. The van der Waals surface area contributed by atoms with Crippen molar-refractivity contribution in [2.24, 2.45) is 0 Å². The van der Waals surface area contributed by atoms with Crippen LogP contribution in [0.2, 0.25) is 5.02 Å². The molecule has 3 aromatic rings. The van der Waals surface area contributed by atoms with E-state index in [1.807, 2.05) is 42.5 Å². The van der Waals surface area contributed by atoms with Crippen LogP contribution in [0.25, 0.3) is 6.08 Å². The molecule has 2 amide bonds. The molecule has 4 rings (SSSR count). The first kappa shape index (κ1) is 25.6. The zero-order chi connectivity index (χ0) is 24.8. The van der Waals surface area contributed by atoms with Crippen molar-refractivity contribution >= 4 is 74.3 Å². The second-order valence-corrected chi connectivity index (χ2v) is 11.2. The number of carbonyl (C=O) groups is 2. The lowest BCUT2D eigenvalue weighted by Crippen LogP contribution is -2.29. The van der Waals surface area contributed by atoms with Crippen molar-refractivity contribution in [2.45, 2.75) is 32.6 Å². The summed E-state index contributed by atoms with van der Waals surface area (Å²) in [7, 11) is 0. The van der Waals surface area contributed by atoms with Crippen molar-refractivity contribution in [2.75, 3.05) is 11.9 Å². The van der Waals surface area contributed by atoms with Gasteiger partial charge in [0, 0.05) is 35.5 Å². The smallest absolute Gasteiger partial charge is 0.266 e. The number of carbonyl (C=O) groups excluding carboxylic acids is 2. The first-order valence-corrected chi connectivity index (χ1v) is 13.7. The molecule has 9 heteroatoms. The van der Waals surface area contributed by atoms with Crippen LogP contribution >= 0.6 is 46.9 Å². The van der Waals surface area contributed by atoms with Crippen molar-refractivity contribution in [3.63, 3.8) is 0 Å². The Labute approximate surface area is 223 Å². The van der Waals surface area contributed by atoms with E-state index in [-0.39, 0.29) is 18.2 Å². The lowest BCUT2D eigenvalue weighted by Gasteiger charge is -2.13. The molecule has 0 atom stereocenters. The van der Waals surface area contributed by atoms with Gasteiger partial charge in [-0.2, -0.15) is 0 Å². The number of rotatable bonds is 9. The monoisotopic (exact) mass is 541 g/mol. The Morgan fingerprint density at radius 3 is 2.71 bits per heavy atom. The number of benzene rings is 2. The Balaban J connectivity index is 1.26. The number of hydrogen-bond donors (Lipinski definition) is 1. The molecular formula is C26H24ClN3O2S3. The van der Waals surface area contributed by atoms with E-state index in [2.05, 4.69) is 29.4 Å². The Bertz CT molecular complexity index is 1270. The van der Waals surface area contributed by atoms with Crippen molar-refractivity contribution in [3.8, 4) is 0 Å². The topological polar surface area (TPSA) is 62.3 Å². The van der Waals surface area contributed by atoms with Gasteiger partial charge in [0.05, 0.1) is 4.91 Å². The number of hydrogen-bond acceptors (Lipinski definition) is 6. The zero-order valence-electron chi connectivity index (χ0n) is 19.1. The standard InChI is InChI=1S/C26H24ClN3O2S3/c1-2-17-9-11-18(12-10-17)14-22-24(32)30(26(33)35-22)13-5-8-23(31)29-25-28-16-20(34-25)15-19-6-3-4-7-21(19)27/h3-4,6-7,9-12,14,16H,2,5,8,13,15H2,1H3,(H,28,29,31)/b22-14+. The molecule has 0 bridgehead atoms. The molecule has 0 radical (unpaired) electrons. The summed E-state index contributed by atoms with van der Waals surface area (Å²) in [5, 5.41) is 4.11. The van der Waals surface area contributed by atoms with E-state index in [0.717, 1.165) is 22.4 Å². The number of nitrogens with one attached hydrogen (secondary N) is 1. The van der Waals surface area contributed by atoms with Gasteiger partial charge < -0.3 is 5.32 Å². The number of thioether (sulfide) groups is 1. The van der Waals surface area contributed by atoms with E-state index in [1.165, 1.54) is 28.7 Å². The van der Waals surface area contributed by atoms with Crippen LogP contribution in [0, 0.1) is 0 Å². The molecule has 0 saturated carbocycles. The molecule has 1 aliphatic rings. The summed E-state index contributed by atoms with van der Waals surface area (Å²) in [5.74, 6) is -0.246. The van der Waals surface area contributed by atoms with Crippen LogP contribution in [-0.2, 0) is 22.4 Å². The number of anilines is 1. The van der Waals surface area contributed by atoms with Crippen LogP contribution < -0.4 is 5.32 Å². The highest BCUT2D eigenvalue weighted by atomic mass is 35.5. The molecule has 0 aliphatic carbocycles. The van der Waals surface area contributed by atoms with E-state index in [4.69, 9.17) is 23.8 Å². The average Bonchev–Trinajstić information content (AvgIpc) is 3.39. The number of nitrogens with zero attached hydrogens (tertiary/aromatic N) is 2. The minimum absolute atomic E-state index is 0.107. The van der Waals surface area contributed by atoms with Gasteiger partial charge >= 0.3 is 0 Å². The Morgan fingerprint density at radius 1 is 1.20 bits per heavy atom. The minimum Gasteiger partial charge on any atom is -0.302 e. The second kappa shape index (κ2) is 11.9. The molecule has 1 fully saturated rings. The fraction of sp³-hybridized carbons (Fsp3) is 0.231. The van der Waals surface area contributed by atoms with Crippen molar-refractivity contribution in [1.29, 1.82) is 0 Å². The fourth-order valence-electron chi connectivity index (χ4n) is 3.55. The second-order valence-electron chi connectivity index (χ2n) is 7.98. The quantitative estimate of drug-likeness (QED) is 0.245. The summed E-state index contributed by atoms with van der Waals surface area (Å²) in [6.45, 7) is 2.51. The van der Waals surface area contributed by atoms with E-state index < -0.39 is 0 Å². The Kier molecular flexibility index (Phi) is 8.73. The van der Waals surface area contributed by atoms with Crippen LogP contribution in [0.15, 0.2) is 59.6 Å². The summed E-state index contributed by atoms with van der Waals surface area (Å²) in [5.41, 5.74) is 3.24. The van der Waals surface area contributed by atoms with Gasteiger partial charge in [0.25, 0.3) is 5.91 Å². The predicted octanol–water partition coefficient (Wildman–Crippen LogP) is 6.57. The highest BCUT2D eigenvalue weighted by Crippen LogP contribution is 2.33. The first-order valence-electron chi connectivity index (χ1n) is 11.2. The Hall–Kier alpha value is -2.52. The minimum atomic E-state index is -0.138. The van der Waals surface area contributed by atoms with E-state index in [1.54, 1.807) is 11.1 Å². The maximum atomic E-state index is 12.8. The lowest BCUT2D eigenvalue weighted by atomic mass is 10.1. The van der Waals surface area contributed by atoms with Gasteiger partial charge in [0.1, 0.15) is 4.32 Å². The number of amides is 2. The van der Waals surface area contributed by atoms with Crippen LogP contribution in [0.1, 0.15) is 41.3 Å². The average molecular weight is 542 g/mol. The third kappa shape index (κ3) is 6.79. The first-order chi connectivity index (χ1) is 16.9. The van der Waals surface area contributed by atoms with E-state index in [0.29, 0.717) is 38.8 Å². The maximum Gasteiger partial charge on any atom is 0.266 e. The number of thiazole rings is 1. The SMILES string of the molecule is CCc1ccc(/C=C2/SC(=S)N(CCCC(=O)Nc3ncc(Cc4ccccc4Cl)s3)C2=O)cc1. The molecule has 1 N–H and O–H groups in total. The molecule has 5 nitrogen and oxygen atoms in total. The molecule has 0 unspecified atom stereocenters. The summed E-state index contributed by atoms with van der Waals surface area (Å²) < 4.78 is 0.524. The number of aryl methyl sites for hydroxylation is 1. The maximum absolute atomic E-state index is 12.8. The number of aromatic nitrogens is 1. The summed E-state index contributed by atoms with van der Waals surface area (Å²) in [6, 6.07) is 15.8. The van der Waals surface area contributed by atoms with Crippen LogP contribution in [0.5, 0.6) is 0 Å². The van der Waals surface area contributed by atoms with Gasteiger partial charge in [-0.05, 0) is 41.7 Å². The fourth-order valence-corrected chi connectivity index (χ4v) is 5.91. The normalized spacial score (nSPS) is 14.7. The predicted molar refractivity (Wildman–Crippen MR) is 150 cm³/mol. The molecular weight excluding hydrogens is 518 g/mol. The summed E-state index contributed by atoms with van der Waals surface area (Å²) in [6.07, 6.45) is 6.04. The molecule has 2 aromatic carbocycles. The van der Waals surface area contributed by atoms with Crippen molar-refractivity contribution in [3.05, 3.63) is 86.2 Å². The molecule has 1 aromatic heterocycles. The van der Waals surface area contributed by atoms with Crippen LogP contribution in [0.3, 0.4) is 0 Å². The van der Waals surface area contributed by atoms with Crippen molar-refractivity contribution < 1.29 is 9.59 Å². The molecule has 1 saturated heterocycles. The van der Waals surface area contributed by atoms with Gasteiger partial charge in [-0.25, -0.2) is 4.98 Å². The Morgan fingerprint density at radius 2 is 1.97 bits per heavy atom.